The van der Waals surface area contributed by atoms with Gasteiger partial charge in [0.2, 0.25) is 0 Å². The van der Waals surface area contributed by atoms with Crippen LogP contribution in [-0.4, -0.2) is 21.7 Å². The largest absolute Gasteiger partial charge is 0.396 e. The summed E-state index contributed by atoms with van der Waals surface area (Å²) in [7, 11) is 0. The topological polar surface area (TPSA) is 58.0 Å². The summed E-state index contributed by atoms with van der Waals surface area (Å²) >= 11 is 1.65. The van der Waals surface area contributed by atoms with Crippen LogP contribution in [-0.2, 0) is 6.42 Å². The van der Waals surface area contributed by atoms with Gasteiger partial charge in [0.25, 0.3) is 0 Å². The van der Waals surface area contributed by atoms with Crippen LogP contribution in [0.15, 0.2) is 53.5 Å². The van der Waals surface area contributed by atoms with Crippen LogP contribution < -0.4 is 5.32 Å². The van der Waals surface area contributed by atoms with Gasteiger partial charge in [-0.05, 0) is 35.6 Å². The number of nitrogens with zero attached hydrogens (tertiary/aromatic N) is 2. The lowest BCUT2D eigenvalue weighted by Crippen LogP contribution is -1.96. The SMILES string of the molecule is OCCc1ccc(Nc2cc(-c3ccsc3)ncn2)cc1. The molecule has 1 aromatic carbocycles. The first kappa shape index (κ1) is 13.7. The molecule has 21 heavy (non-hydrogen) atoms. The molecule has 0 aliphatic carbocycles. The van der Waals surface area contributed by atoms with Gasteiger partial charge in [-0.1, -0.05) is 12.1 Å². The van der Waals surface area contributed by atoms with Crippen molar-refractivity contribution in [3.05, 3.63) is 59.0 Å². The number of aliphatic hydroxyl groups is 1. The van der Waals surface area contributed by atoms with Gasteiger partial charge in [0.05, 0.1) is 5.69 Å². The van der Waals surface area contributed by atoms with Crippen LogP contribution in [0.4, 0.5) is 11.5 Å². The number of benzene rings is 1. The van der Waals surface area contributed by atoms with Gasteiger partial charge in [-0.3, -0.25) is 0 Å². The summed E-state index contributed by atoms with van der Waals surface area (Å²) in [6.45, 7) is 0.169. The zero-order chi connectivity index (χ0) is 14.5. The number of aromatic nitrogens is 2. The van der Waals surface area contributed by atoms with E-state index in [1.165, 1.54) is 0 Å². The number of hydrogen-bond donors (Lipinski definition) is 2. The van der Waals surface area contributed by atoms with Crippen LogP contribution in [0, 0.1) is 0 Å². The molecule has 4 nitrogen and oxygen atoms in total. The molecule has 2 aromatic heterocycles. The lowest BCUT2D eigenvalue weighted by molar-refractivity contribution is 0.299. The molecule has 0 saturated heterocycles. The third kappa shape index (κ3) is 3.45. The predicted octanol–water partition coefficient (Wildman–Crippen LogP) is 3.48. The van der Waals surface area contributed by atoms with Crippen molar-refractivity contribution in [1.29, 1.82) is 0 Å². The summed E-state index contributed by atoms with van der Waals surface area (Å²) in [4.78, 5) is 8.53. The number of anilines is 2. The fourth-order valence-corrected chi connectivity index (χ4v) is 2.68. The van der Waals surface area contributed by atoms with Crippen molar-refractivity contribution in [3.8, 4) is 11.3 Å². The molecule has 0 bridgehead atoms. The second-order valence-electron chi connectivity index (χ2n) is 4.60. The van der Waals surface area contributed by atoms with Crippen LogP contribution in [0.3, 0.4) is 0 Å². The Kier molecular flexibility index (Phi) is 4.23. The minimum absolute atomic E-state index is 0.169. The molecule has 0 amide bonds. The number of nitrogens with one attached hydrogen (secondary N) is 1. The van der Waals surface area contributed by atoms with E-state index >= 15 is 0 Å². The Morgan fingerprint density at radius 3 is 2.67 bits per heavy atom. The maximum absolute atomic E-state index is 8.91. The van der Waals surface area contributed by atoms with Crippen LogP contribution in [0.25, 0.3) is 11.3 Å². The van der Waals surface area contributed by atoms with Crippen molar-refractivity contribution in [2.45, 2.75) is 6.42 Å². The van der Waals surface area contributed by atoms with Crippen LogP contribution in [0.5, 0.6) is 0 Å². The van der Waals surface area contributed by atoms with Crippen molar-refractivity contribution < 1.29 is 5.11 Å². The summed E-state index contributed by atoms with van der Waals surface area (Å²) < 4.78 is 0. The molecule has 106 valence electrons. The van der Waals surface area contributed by atoms with Crippen LogP contribution in [0.1, 0.15) is 5.56 Å². The highest BCUT2D eigenvalue weighted by atomic mass is 32.1. The molecule has 5 heteroatoms. The molecule has 0 unspecified atom stereocenters. The van der Waals surface area contributed by atoms with E-state index < -0.39 is 0 Å². The molecule has 0 radical (unpaired) electrons. The summed E-state index contributed by atoms with van der Waals surface area (Å²) in [5, 5.41) is 16.3. The first-order chi connectivity index (χ1) is 10.3. The van der Waals surface area contributed by atoms with Gasteiger partial charge in [0.15, 0.2) is 0 Å². The zero-order valence-corrected chi connectivity index (χ0v) is 12.2. The molecule has 0 fully saturated rings. The number of hydrogen-bond acceptors (Lipinski definition) is 5. The van der Waals surface area contributed by atoms with Gasteiger partial charge in [-0.2, -0.15) is 11.3 Å². The van der Waals surface area contributed by atoms with Gasteiger partial charge in [-0.15, -0.1) is 0 Å². The average molecular weight is 297 g/mol. The van der Waals surface area contributed by atoms with Crippen molar-refractivity contribution in [2.24, 2.45) is 0 Å². The first-order valence-corrected chi connectivity index (χ1v) is 7.61. The van der Waals surface area contributed by atoms with E-state index in [0.717, 1.165) is 28.3 Å². The van der Waals surface area contributed by atoms with E-state index in [0.29, 0.717) is 6.42 Å². The molecular weight excluding hydrogens is 282 g/mol. The predicted molar refractivity (Wildman–Crippen MR) is 85.9 cm³/mol. The molecule has 3 aromatic rings. The molecule has 0 aliphatic heterocycles. The second-order valence-corrected chi connectivity index (χ2v) is 5.38. The van der Waals surface area contributed by atoms with E-state index in [-0.39, 0.29) is 6.61 Å². The fraction of sp³-hybridized carbons (Fsp3) is 0.125. The zero-order valence-electron chi connectivity index (χ0n) is 11.4. The Morgan fingerprint density at radius 1 is 1.10 bits per heavy atom. The lowest BCUT2D eigenvalue weighted by Gasteiger charge is -2.07. The number of rotatable bonds is 5. The Morgan fingerprint density at radius 2 is 1.95 bits per heavy atom. The number of thiophene rings is 1. The highest BCUT2D eigenvalue weighted by Gasteiger charge is 2.03. The fourth-order valence-electron chi connectivity index (χ4n) is 2.03. The summed E-state index contributed by atoms with van der Waals surface area (Å²) in [5.74, 6) is 0.765. The smallest absolute Gasteiger partial charge is 0.134 e. The Hall–Kier alpha value is -2.24. The van der Waals surface area contributed by atoms with Crippen LogP contribution in [0.2, 0.25) is 0 Å². The van der Waals surface area contributed by atoms with Crippen molar-refractivity contribution >= 4 is 22.8 Å². The third-order valence-electron chi connectivity index (χ3n) is 3.11. The quantitative estimate of drug-likeness (QED) is 0.757. The molecule has 0 atom stereocenters. The Labute approximate surface area is 127 Å². The Bertz CT molecular complexity index is 696. The number of aliphatic hydroxyl groups excluding tert-OH is 1. The molecule has 0 spiro atoms. The van der Waals surface area contributed by atoms with Gasteiger partial charge in [-0.25, -0.2) is 9.97 Å². The second kappa shape index (κ2) is 6.47. The highest BCUT2D eigenvalue weighted by molar-refractivity contribution is 7.08. The van der Waals surface area contributed by atoms with Gasteiger partial charge in [0.1, 0.15) is 12.1 Å². The highest BCUT2D eigenvalue weighted by Crippen LogP contribution is 2.23. The molecule has 2 heterocycles. The van der Waals surface area contributed by atoms with E-state index in [2.05, 4.69) is 20.7 Å². The Balaban J connectivity index is 1.77. The normalized spacial score (nSPS) is 10.5. The van der Waals surface area contributed by atoms with E-state index in [1.807, 2.05) is 41.8 Å². The van der Waals surface area contributed by atoms with Gasteiger partial charge >= 0.3 is 0 Å². The molecule has 3 rings (SSSR count). The first-order valence-electron chi connectivity index (χ1n) is 6.66. The standard InChI is InChI=1S/C16H15N3OS/c20-7-5-12-1-3-14(4-2-12)19-16-9-15(17-11-18-16)13-6-8-21-10-13/h1-4,6,8-11,20H,5,7H2,(H,17,18,19). The van der Waals surface area contributed by atoms with E-state index in [9.17, 15) is 0 Å². The molecule has 0 saturated carbocycles. The molecule has 0 aliphatic rings. The molecule has 2 N–H and O–H groups in total. The van der Waals surface area contributed by atoms with Crippen molar-refractivity contribution in [1.82, 2.24) is 9.97 Å². The average Bonchev–Trinajstić information content (AvgIpc) is 3.04. The summed E-state index contributed by atoms with van der Waals surface area (Å²) in [6.07, 6.45) is 2.24. The lowest BCUT2D eigenvalue weighted by atomic mass is 10.1. The minimum Gasteiger partial charge on any atom is -0.396 e. The summed E-state index contributed by atoms with van der Waals surface area (Å²) in [6, 6.07) is 11.9. The van der Waals surface area contributed by atoms with Gasteiger partial charge in [0, 0.05) is 29.3 Å². The van der Waals surface area contributed by atoms with Gasteiger partial charge < -0.3 is 10.4 Å². The summed E-state index contributed by atoms with van der Waals surface area (Å²) in [5.41, 5.74) is 4.09. The maximum Gasteiger partial charge on any atom is 0.134 e. The minimum atomic E-state index is 0.169. The van der Waals surface area contributed by atoms with E-state index in [1.54, 1.807) is 17.7 Å². The monoisotopic (exact) mass is 297 g/mol. The third-order valence-corrected chi connectivity index (χ3v) is 3.79. The molecular formula is C16H15N3OS. The van der Waals surface area contributed by atoms with Crippen LogP contribution >= 0.6 is 11.3 Å². The van der Waals surface area contributed by atoms with Crippen molar-refractivity contribution in [3.63, 3.8) is 0 Å². The van der Waals surface area contributed by atoms with Crippen molar-refractivity contribution in [2.75, 3.05) is 11.9 Å². The van der Waals surface area contributed by atoms with E-state index in [4.69, 9.17) is 5.11 Å². The maximum atomic E-state index is 8.91.